The maximum Gasteiger partial charge on any atom is 0.261 e. The second kappa shape index (κ2) is 8.06. The number of nitrogens with one attached hydrogen (secondary N) is 1. The number of ether oxygens (including phenoxy) is 3. The molecule has 0 radical (unpaired) electrons. The van der Waals surface area contributed by atoms with Crippen LogP contribution in [0, 0.1) is 5.82 Å². The van der Waals surface area contributed by atoms with Gasteiger partial charge in [-0.15, -0.1) is 0 Å². The number of carbonyl (C=O) groups is 2. The molecule has 3 atom stereocenters. The number of halogens is 1. The summed E-state index contributed by atoms with van der Waals surface area (Å²) < 4.78 is 32.5. The zero-order valence-corrected chi connectivity index (χ0v) is 17.8. The molecule has 1 spiro atoms. The summed E-state index contributed by atoms with van der Waals surface area (Å²) >= 11 is 0. The average Bonchev–Trinajstić information content (AvgIpc) is 3.01. The molecule has 4 heterocycles. The minimum atomic E-state index is -0.661. The minimum Gasteiger partial charge on any atom is -0.483 e. The first kappa shape index (κ1) is 20.7. The van der Waals surface area contributed by atoms with Crippen LogP contribution in [-0.4, -0.2) is 66.9 Å². The molecular formula is C23H29FN2O5. The normalized spacial score (nSPS) is 36.0. The number of hydrogen-bond acceptors (Lipinski definition) is 5. The highest BCUT2D eigenvalue weighted by Crippen LogP contribution is 2.41. The van der Waals surface area contributed by atoms with Crippen LogP contribution in [0.4, 0.5) is 4.39 Å². The van der Waals surface area contributed by atoms with E-state index in [1.165, 1.54) is 6.07 Å². The van der Waals surface area contributed by atoms with E-state index in [-0.39, 0.29) is 55.0 Å². The van der Waals surface area contributed by atoms with E-state index in [0.717, 1.165) is 25.7 Å². The fraction of sp³-hybridized carbons (Fsp3) is 0.652. The second-order valence-electron chi connectivity index (χ2n) is 9.31. The van der Waals surface area contributed by atoms with E-state index in [0.29, 0.717) is 30.9 Å². The van der Waals surface area contributed by atoms with Crippen LogP contribution in [-0.2, 0) is 19.1 Å². The molecule has 1 aliphatic carbocycles. The van der Waals surface area contributed by atoms with Crippen molar-refractivity contribution in [2.45, 2.75) is 68.7 Å². The van der Waals surface area contributed by atoms with Crippen molar-refractivity contribution in [3.63, 3.8) is 0 Å². The Kier molecular flexibility index (Phi) is 5.38. The van der Waals surface area contributed by atoms with E-state index < -0.39 is 5.54 Å². The fourth-order valence-electron chi connectivity index (χ4n) is 5.96. The van der Waals surface area contributed by atoms with Gasteiger partial charge < -0.3 is 24.4 Å². The van der Waals surface area contributed by atoms with Gasteiger partial charge in [-0.05, 0) is 57.1 Å². The lowest BCUT2D eigenvalue weighted by molar-refractivity contribution is -0.145. The fourth-order valence-corrected chi connectivity index (χ4v) is 5.96. The molecule has 2 saturated heterocycles. The Bertz CT molecular complexity index is 872. The summed E-state index contributed by atoms with van der Waals surface area (Å²) in [5, 5.41) is 3.10. The van der Waals surface area contributed by atoms with Gasteiger partial charge in [-0.3, -0.25) is 9.59 Å². The van der Waals surface area contributed by atoms with Gasteiger partial charge in [-0.1, -0.05) is 6.07 Å². The summed E-state index contributed by atoms with van der Waals surface area (Å²) in [6.07, 6.45) is 3.92. The van der Waals surface area contributed by atoms with Gasteiger partial charge in [0, 0.05) is 11.6 Å². The molecule has 0 aromatic heterocycles. The van der Waals surface area contributed by atoms with Crippen LogP contribution in [0.1, 0.15) is 50.5 Å². The molecule has 4 aliphatic heterocycles. The lowest BCUT2D eigenvalue weighted by Crippen LogP contribution is -2.65. The Hall–Kier alpha value is -2.19. The first-order valence-corrected chi connectivity index (χ1v) is 11.2. The molecule has 1 saturated carbocycles. The van der Waals surface area contributed by atoms with Crippen LogP contribution >= 0.6 is 0 Å². The number of hydrogen-bond donors (Lipinski definition) is 1. The lowest BCUT2D eigenvalue weighted by Gasteiger charge is -2.41. The van der Waals surface area contributed by atoms with Crippen LogP contribution < -0.4 is 10.1 Å². The van der Waals surface area contributed by atoms with Crippen molar-refractivity contribution in [3.8, 4) is 5.75 Å². The zero-order valence-electron chi connectivity index (χ0n) is 17.8. The van der Waals surface area contributed by atoms with Crippen LogP contribution in [0.3, 0.4) is 0 Å². The molecule has 2 bridgehead atoms. The van der Waals surface area contributed by atoms with Crippen molar-refractivity contribution in [2.75, 3.05) is 26.4 Å². The molecule has 31 heavy (non-hydrogen) atoms. The summed E-state index contributed by atoms with van der Waals surface area (Å²) in [6, 6.07) is 4.37. The minimum absolute atomic E-state index is 0.0348. The highest BCUT2D eigenvalue weighted by atomic mass is 19.1. The molecule has 3 fully saturated rings. The summed E-state index contributed by atoms with van der Waals surface area (Å²) in [6.45, 7) is 2.50. The Labute approximate surface area is 181 Å². The van der Waals surface area contributed by atoms with E-state index in [2.05, 4.69) is 5.32 Å². The van der Waals surface area contributed by atoms with E-state index in [9.17, 15) is 14.0 Å². The van der Waals surface area contributed by atoms with Crippen LogP contribution in [0.5, 0.6) is 5.75 Å². The van der Waals surface area contributed by atoms with Gasteiger partial charge in [-0.25, -0.2) is 4.39 Å². The predicted octanol–water partition coefficient (Wildman–Crippen LogP) is 2.14. The highest BCUT2D eigenvalue weighted by molar-refractivity contribution is 5.81. The molecule has 5 aliphatic rings. The van der Waals surface area contributed by atoms with E-state index in [1.807, 2.05) is 6.92 Å². The van der Waals surface area contributed by atoms with Gasteiger partial charge in [-0.2, -0.15) is 0 Å². The number of amides is 2. The standard InChI is InChI=1S/C23H29FN2O5/c1-14-9-23(13-29-11-20(27)25-23)19-10-30-16-7-5-15(6-8-16)22-17(24)3-2-4-18(22)31-12-21(28)26(14)19/h2-4,14-16,19H,5-13H2,1H3,(H,25,27)/t14-,15?,16?,19?,23?/m1/s1. The Morgan fingerprint density at radius 1 is 1.16 bits per heavy atom. The second-order valence-corrected chi connectivity index (χ2v) is 9.31. The predicted molar refractivity (Wildman–Crippen MR) is 109 cm³/mol. The third-order valence-electron chi connectivity index (χ3n) is 7.31. The summed E-state index contributed by atoms with van der Waals surface area (Å²) in [4.78, 5) is 27.2. The molecule has 8 heteroatoms. The van der Waals surface area contributed by atoms with Crippen molar-refractivity contribution in [1.82, 2.24) is 10.2 Å². The summed E-state index contributed by atoms with van der Waals surface area (Å²) in [5.74, 6) is -0.138. The monoisotopic (exact) mass is 432 g/mol. The number of rotatable bonds is 0. The average molecular weight is 432 g/mol. The zero-order chi connectivity index (χ0) is 21.6. The largest absolute Gasteiger partial charge is 0.483 e. The third kappa shape index (κ3) is 3.69. The number of carbonyl (C=O) groups excluding carboxylic acids is 2. The summed E-state index contributed by atoms with van der Waals surface area (Å²) in [7, 11) is 0. The first-order valence-electron chi connectivity index (χ1n) is 11.2. The maximum atomic E-state index is 14.7. The molecule has 2 amide bonds. The molecule has 1 aromatic carbocycles. The van der Waals surface area contributed by atoms with Crippen molar-refractivity contribution < 1.29 is 28.2 Å². The van der Waals surface area contributed by atoms with Crippen molar-refractivity contribution >= 4 is 11.8 Å². The Morgan fingerprint density at radius 2 is 1.97 bits per heavy atom. The maximum absolute atomic E-state index is 14.7. The van der Waals surface area contributed by atoms with Gasteiger partial charge in [0.05, 0.1) is 30.9 Å². The quantitative estimate of drug-likeness (QED) is 0.680. The molecule has 168 valence electrons. The van der Waals surface area contributed by atoms with Gasteiger partial charge >= 0.3 is 0 Å². The van der Waals surface area contributed by atoms with E-state index in [4.69, 9.17) is 14.2 Å². The van der Waals surface area contributed by atoms with Crippen LogP contribution in [0.15, 0.2) is 18.2 Å². The SMILES string of the molecule is C[C@@H]1CC2(COCC(=O)N2)C2COC3CCC(CC3)c3c(F)cccc3OCC(=O)N21. The molecule has 6 rings (SSSR count). The van der Waals surface area contributed by atoms with E-state index in [1.54, 1.807) is 17.0 Å². The number of benzene rings is 1. The molecule has 2 unspecified atom stereocenters. The van der Waals surface area contributed by atoms with Crippen LogP contribution in [0.25, 0.3) is 0 Å². The number of nitrogens with zero attached hydrogens (tertiary/aromatic N) is 1. The van der Waals surface area contributed by atoms with Crippen LogP contribution in [0.2, 0.25) is 0 Å². The van der Waals surface area contributed by atoms with Crippen molar-refractivity contribution in [1.29, 1.82) is 0 Å². The Morgan fingerprint density at radius 3 is 2.74 bits per heavy atom. The van der Waals surface area contributed by atoms with E-state index >= 15 is 0 Å². The van der Waals surface area contributed by atoms with Crippen molar-refractivity contribution in [3.05, 3.63) is 29.6 Å². The number of fused-ring (bicyclic) bond motifs is 5. The lowest BCUT2D eigenvalue weighted by atomic mass is 9.82. The first-order chi connectivity index (χ1) is 15.0. The van der Waals surface area contributed by atoms with Gasteiger partial charge in [0.15, 0.2) is 6.61 Å². The highest BCUT2D eigenvalue weighted by Gasteiger charge is 2.55. The van der Waals surface area contributed by atoms with Crippen molar-refractivity contribution in [2.24, 2.45) is 0 Å². The van der Waals surface area contributed by atoms with Gasteiger partial charge in [0.2, 0.25) is 5.91 Å². The molecule has 1 N–H and O–H groups in total. The number of morpholine rings is 1. The topological polar surface area (TPSA) is 77.1 Å². The molecule has 7 nitrogen and oxygen atoms in total. The Balaban J connectivity index is 1.48. The van der Waals surface area contributed by atoms with Gasteiger partial charge in [0.1, 0.15) is 18.2 Å². The molecular weight excluding hydrogens is 403 g/mol. The third-order valence-corrected chi connectivity index (χ3v) is 7.31. The summed E-state index contributed by atoms with van der Waals surface area (Å²) in [5.41, 5.74) is -0.0883. The van der Waals surface area contributed by atoms with Gasteiger partial charge in [0.25, 0.3) is 5.91 Å². The molecule has 1 aromatic rings. The smallest absolute Gasteiger partial charge is 0.261 e.